The lowest BCUT2D eigenvalue weighted by molar-refractivity contribution is -0.130. The highest BCUT2D eigenvalue weighted by atomic mass is 16.5. The van der Waals surface area contributed by atoms with E-state index in [0.29, 0.717) is 36.9 Å². The van der Waals surface area contributed by atoms with E-state index in [0.717, 1.165) is 0 Å². The number of hydrogen-bond acceptors (Lipinski definition) is 5. The number of methoxy groups -OCH3 is 3. The molecule has 0 radical (unpaired) electrons. The number of anilines is 1. The molecule has 0 saturated carbocycles. The van der Waals surface area contributed by atoms with Gasteiger partial charge in [-0.1, -0.05) is 0 Å². The Hall–Kier alpha value is -2.28. The first-order chi connectivity index (χ1) is 11.0. The van der Waals surface area contributed by atoms with E-state index in [4.69, 9.17) is 14.2 Å². The normalized spacial score (nSPS) is 10.1. The van der Waals surface area contributed by atoms with Crippen molar-refractivity contribution in [2.24, 2.45) is 0 Å². The molecule has 1 N–H and O–H groups in total. The molecular formula is C16H24N2O5. The SMILES string of the molecule is COCCN(CCC(=O)Nc1ccc(OC)c(OC)c1)C(C)=O. The van der Waals surface area contributed by atoms with Gasteiger partial charge in [0.2, 0.25) is 11.8 Å². The lowest BCUT2D eigenvalue weighted by Gasteiger charge is -2.20. The highest BCUT2D eigenvalue weighted by Crippen LogP contribution is 2.29. The quantitative estimate of drug-likeness (QED) is 0.745. The van der Waals surface area contributed by atoms with Crippen LogP contribution in [0.4, 0.5) is 5.69 Å². The third-order valence-electron chi connectivity index (χ3n) is 3.29. The molecule has 7 heteroatoms. The predicted molar refractivity (Wildman–Crippen MR) is 86.9 cm³/mol. The van der Waals surface area contributed by atoms with Gasteiger partial charge < -0.3 is 24.4 Å². The molecule has 2 amide bonds. The summed E-state index contributed by atoms with van der Waals surface area (Å²) >= 11 is 0. The Morgan fingerprint density at radius 3 is 2.35 bits per heavy atom. The summed E-state index contributed by atoms with van der Waals surface area (Å²) in [4.78, 5) is 25.1. The first-order valence-corrected chi connectivity index (χ1v) is 7.28. The molecule has 0 saturated heterocycles. The number of carbonyl (C=O) groups excluding carboxylic acids is 2. The third kappa shape index (κ3) is 6.15. The summed E-state index contributed by atoms with van der Waals surface area (Å²) in [5, 5.41) is 2.77. The second-order valence-electron chi connectivity index (χ2n) is 4.87. The van der Waals surface area contributed by atoms with Crippen molar-refractivity contribution < 1.29 is 23.8 Å². The maximum Gasteiger partial charge on any atom is 0.226 e. The largest absolute Gasteiger partial charge is 0.493 e. The van der Waals surface area contributed by atoms with Crippen molar-refractivity contribution in [1.82, 2.24) is 4.90 Å². The number of nitrogens with one attached hydrogen (secondary N) is 1. The van der Waals surface area contributed by atoms with E-state index in [1.165, 1.54) is 14.0 Å². The van der Waals surface area contributed by atoms with Crippen molar-refractivity contribution in [3.63, 3.8) is 0 Å². The second kappa shape index (κ2) is 9.68. The molecule has 0 aliphatic carbocycles. The zero-order valence-electron chi connectivity index (χ0n) is 14.0. The molecule has 0 heterocycles. The fourth-order valence-electron chi connectivity index (χ4n) is 2.00. The van der Waals surface area contributed by atoms with Crippen LogP contribution in [0, 0.1) is 0 Å². The topological polar surface area (TPSA) is 77.1 Å². The van der Waals surface area contributed by atoms with Crippen LogP contribution >= 0.6 is 0 Å². The second-order valence-corrected chi connectivity index (χ2v) is 4.87. The fourth-order valence-corrected chi connectivity index (χ4v) is 2.00. The molecule has 0 aliphatic rings. The van der Waals surface area contributed by atoms with Crippen LogP contribution in [0.2, 0.25) is 0 Å². The van der Waals surface area contributed by atoms with Gasteiger partial charge in [0.1, 0.15) is 0 Å². The number of amides is 2. The number of rotatable bonds is 9. The summed E-state index contributed by atoms with van der Waals surface area (Å²) in [6, 6.07) is 5.13. The number of hydrogen-bond donors (Lipinski definition) is 1. The summed E-state index contributed by atoms with van der Waals surface area (Å²) in [6.07, 6.45) is 0.206. The molecular weight excluding hydrogens is 300 g/mol. The standard InChI is InChI=1S/C16H24N2O5/c1-12(19)18(9-10-21-2)8-7-16(20)17-13-5-6-14(22-3)15(11-13)23-4/h5-6,11H,7-10H2,1-4H3,(H,17,20). The summed E-state index contributed by atoms with van der Waals surface area (Å²) in [7, 11) is 4.65. The molecule has 0 spiro atoms. The molecule has 0 atom stereocenters. The molecule has 1 rings (SSSR count). The Labute approximate surface area is 136 Å². The first kappa shape index (κ1) is 18.8. The summed E-state index contributed by atoms with van der Waals surface area (Å²) in [5.74, 6) is 0.866. The van der Waals surface area contributed by atoms with Crippen molar-refractivity contribution in [3.05, 3.63) is 18.2 Å². The number of ether oxygens (including phenoxy) is 3. The van der Waals surface area contributed by atoms with Crippen molar-refractivity contribution in [2.75, 3.05) is 46.3 Å². The highest BCUT2D eigenvalue weighted by Gasteiger charge is 2.12. The van der Waals surface area contributed by atoms with Crippen LogP contribution < -0.4 is 14.8 Å². The van der Waals surface area contributed by atoms with E-state index in [1.807, 2.05) is 0 Å². The van der Waals surface area contributed by atoms with Gasteiger partial charge in [0, 0.05) is 45.3 Å². The van der Waals surface area contributed by atoms with E-state index < -0.39 is 0 Å². The molecule has 23 heavy (non-hydrogen) atoms. The molecule has 7 nitrogen and oxygen atoms in total. The van der Waals surface area contributed by atoms with Crippen LogP contribution in [0.1, 0.15) is 13.3 Å². The van der Waals surface area contributed by atoms with Gasteiger partial charge in [-0.2, -0.15) is 0 Å². The van der Waals surface area contributed by atoms with Crippen molar-refractivity contribution in [2.45, 2.75) is 13.3 Å². The monoisotopic (exact) mass is 324 g/mol. The van der Waals surface area contributed by atoms with Gasteiger partial charge in [-0.25, -0.2) is 0 Å². The van der Waals surface area contributed by atoms with Gasteiger partial charge in [-0.15, -0.1) is 0 Å². The van der Waals surface area contributed by atoms with Crippen LogP contribution in [-0.2, 0) is 14.3 Å². The van der Waals surface area contributed by atoms with Gasteiger partial charge in [-0.05, 0) is 12.1 Å². The van der Waals surface area contributed by atoms with Crippen molar-refractivity contribution in [3.8, 4) is 11.5 Å². The van der Waals surface area contributed by atoms with Crippen molar-refractivity contribution in [1.29, 1.82) is 0 Å². The number of nitrogens with zero attached hydrogens (tertiary/aromatic N) is 1. The molecule has 1 aromatic rings. The Balaban J connectivity index is 2.57. The maximum absolute atomic E-state index is 12.0. The summed E-state index contributed by atoms with van der Waals surface area (Å²) in [5.41, 5.74) is 0.610. The number of carbonyl (C=O) groups is 2. The van der Waals surface area contributed by atoms with Crippen LogP contribution in [0.15, 0.2) is 18.2 Å². The lowest BCUT2D eigenvalue weighted by atomic mass is 10.2. The van der Waals surface area contributed by atoms with E-state index >= 15 is 0 Å². The first-order valence-electron chi connectivity index (χ1n) is 7.28. The minimum Gasteiger partial charge on any atom is -0.493 e. The molecule has 1 aromatic carbocycles. The third-order valence-corrected chi connectivity index (χ3v) is 3.29. The summed E-state index contributed by atoms with van der Waals surface area (Å²) < 4.78 is 15.3. The van der Waals surface area contributed by atoms with E-state index in [-0.39, 0.29) is 18.2 Å². The van der Waals surface area contributed by atoms with E-state index in [2.05, 4.69) is 5.32 Å². The Morgan fingerprint density at radius 1 is 1.09 bits per heavy atom. The van der Waals surface area contributed by atoms with Crippen LogP contribution in [0.5, 0.6) is 11.5 Å². The zero-order valence-corrected chi connectivity index (χ0v) is 14.0. The van der Waals surface area contributed by atoms with Crippen LogP contribution in [0.25, 0.3) is 0 Å². The summed E-state index contributed by atoms with van der Waals surface area (Å²) in [6.45, 7) is 2.73. The fraction of sp³-hybridized carbons (Fsp3) is 0.500. The smallest absolute Gasteiger partial charge is 0.226 e. The Kier molecular flexibility index (Phi) is 7.90. The molecule has 0 aromatic heterocycles. The molecule has 128 valence electrons. The molecule has 0 unspecified atom stereocenters. The van der Waals surface area contributed by atoms with Gasteiger partial charge in [0.25, 0.3) is 0 Å². The van der Waals surface area contributed by atoms with Gasteiger partial charge >= 0.3 is 0 Å². The highest BCUT2D eigenvalue weighted by molar-refractivity contribution is 5.91. The average molecular weight is 324 g/mol. The van der Waals surface area contributed by atoms with E-state index in [1.54, 1.807) is 37.3 Å². The lowest BCUT2D eigenvalue weighted by Crippen LogP contribution is -2.34. The Morgan fingerprint density at radius 2 is 1.78 bits per heavy atom. The van der Waals surface area contributed by atoms with Crippen molar-refractivity contribution >= 4 is 17.5 Å². The molecule has 0 fully saturated rings. The minimum atomic E-state index is -0.180. The van der Waals surface area contributed by atoms with Gasteiger partial charge in [-0.3, -0.25) is 9.59 Å². The van der Waals surface area contributed by atoms with Gasteiger partial charge in [0.05, 0.1) is 20.8 Å². The minimum absolute atomic E-state index is 0.0824. The van der Waals surface area contributed by atoms with Crippen LogP contribution in [-0.4, -0.2) is 57.7 Å². The molecule has 0 aliphatic heterocycles. The van der Waals surface area contributed by atoms with Crippen LogP contribution in [0.3, 0.4) is 0 Å². The number of benzene rings is 1. The Bertz CT molecular complexity index is 533. The molecule has 0 bridgehead atoms. The maximum atomic E-state index is 12.0. The predicted octanol–water partition coefficient (Wildman–Crippen LogP) is 1.53. The van der Waals surface area contributed by atoms with E-state index in [9.17, 15) is 9.59 Å². The van der Waals surface area contributed by atoms with Gasteiger partial charge in [0.15, 0.2) is 11.5 Å². The average Bonchev–Trinajstić information content (AvgIpc) is 2.54. The zero-order chi connectivity index (χ0) is 17.2.